The SMILES string of the molecule is CCOc1ccc(Cl)c(-c2ccnc(Cl)n2)c1. The molecule has 0 radical (unpaired) electrons. The minimum absolute atomic E-state index is 0.195. The van der Waals surface area contributed by atoms with Crippen molar-refractivity contribution in [3.8, 4) is 17.0 Å². The Morgan fingerprint density at radius 2 is 2.06 bits per heavy atom. The van der Waals surface area contributed by atoms with Gasteiger partial charge in [0.15, 0.2) is 0 Å². The molecule has 0 amide bonds. The second-order valence-corrected chi connectivity index (χ2v) is 4.03. The third-order valence-corrected chi connectivity index (χ3v) is 2.66. The number of hydrogen-bond acceptors (Lipinski definition) is 3. The molecule has 0 spiro atoms. The van der Waals surface area contributed by atoms with Crippen molar-refractivity contribution in [1.29, 1.82) is 0 Å². The van der Waals surface area contributed by atoms with Crippen molar-refractivity contribution >= 4 is 23.2 Å². The van der Waals surface area contributed by atoms with E-state index in [9.17, 15) is 0 Å². The van der Waals surface area contributed by atoms with E-state index in [0.717, 1.165) is 11.3 Å². The van der Waals surface area contributed by atoms with Gasteiger partial charge in [-0.3, -0.25) is 0 Å². The molecule has 2 rings (SSSR count). The fourth-order valence-corrected chi connectivity index (χ4v) is 1.80. The van der Waals surface area contributed by atoms with Gasteiger partial charge in [0, 0.05) is 11.8 Å². The third-order valence-electron chi connectivity index (χ3n) is 2.15. The van der Waals surface area contributed by atoms with E-state index >= 15 is 0 Å². The zero-order valence-electron chi connectivity index (χ0n) is 9.15. The maximum atomic E-state index is 6.12. The van der Waals surface area contributed by atoms with Crippen LogP contribution in [0.4, 0.5) is 0 Å². The smallest absolute Gasteiger partial charge is 0.222 e. The lowest BCUT2D eigenvalue weighted by atomic mass is 10.1. The molecular weight excluding hydrogens is 259 g/mol. The third kappa shape index (κ3) is 2.87. The van der Waals surface area contributed by atoms with Crippen molar-refractivity contribution in [3.05, 3.63) is 40.8 Å². The number of halogens is 2. The fourth-order valence-electron chi connectivity index (χ4n) is 1.44. The van der Waals surface area contributed by atoms with Crippen LogP contribution in [0.15, 0.2) is 30.5 Å². The average molecular weight is 269 g/mol. The maximum Gasteiger partial charge on any atom is 0.222 e. The number of rotatable bonds is 3. The number of benzene rings is 1. The number of hydrogen-bond donors (Lipinski definition) is 0. The molecule has 0 saturated heterocycles. The zero-order valence-corrected chi connectivity index (χ0v) is 10.7. The predicted octanol–water partition coefficient (Wildman–Crippen LogP) is 3.85. The monoisotopic (exact) mass is 268 g/mol. The summed E-state index contributed by atoms with van der Waals surface area (Å²) in [6.45, 7) is 2.53. The van der Waals surface area contributed by atoms with Crippen molar-refractivity contribution in [2.75, 3.05) is 6.61 Å². The van der Waals surface area contributed by atoms with Crippen molar-refractivity contribution in [2.45, 2.75) is 6.92 Å². The molecule has 5 heteroatoms. The molecular formula is C12H10Cl2N2O. The van der Waals surface area contributed by atoms with Crippen molar-refractivity contribution in [2.24, 2.45) is 0 Å². The van der Waals surface area contributed by atoms with E-state index in [-0.39, 0.29) is 5.28 Å². The highest BCUT2D eigenvalue weighted by Gasteiger charge is 2.07. The fraction of sp³-hybridized carbons (Fsp3) is 0.167. The molecule has 0 bridgehead atoms. The van der Waals surface area contributed by atoms with E-state index < -0.39 is 0 Å². The molecule has 1 aromatic carbocycles. The first-order valence-corrected chi connectivity index (χ1v) is 5.87. The van der Waals surface area contributed by atoms with Crippen molar-refractivity contribution < 1.29 is 4.74 Å². The second-order valence-electron chi connectivity index (χ2n) is 3.29. The molecule has 0 saturated carbocycles. The molecule has 0 fully saturated rings. The molecule has 88 valence electrons. The molecule has 0 atom stereocenters. The van der Waals surface area contributed by atoms with Gasteiger partial charge in [-0.05, 0) is 42.8 Å². The number of nitrogens with zero attached hydrogens (tertiary/aromatic N) is 2. The summed E-state index contributed by atoms with van der Waals surface area (Å²) in [6, 6.07) is 7.18. The Balaban J connectivity index is 2.46. The van der Waals surface area contributed by atoms with Gasteiger partial charge in [-0.1, -0.05) is 11.6 Å². The van der Waals surface area contributed by atoms with Crippen LogP contribution in [0.25, 0.3) is 11.3 Å². The summed E-state index contributed by atoms with van der Waals surface area (Å²) in [6.07, 6.45) is 1.59. The standard InChI is InChI=1S/C12H10Cl2N2O/c1-2-17-8-3-4-10(13)9(7-8)11-5-6-15-12(14)16-11/h3-7H,2H2,1H3. The van der Waals surface area contributed by atoms with Gasteiger partial charge in [0.25, 0.3) is 0 Å². The Bertz CT molecular complexity index is 532. The normalized spacial score (nSPS) is 10.3. The van der Waals surface area contributed by atoms with Gasteiger partial charge in [-0.25, -0.2) is 9.97 Å². The average Bonchev–Trinajstić information content (AvgIpc) is 2.32. The van der Waals surface area contributed by atoms with Crippen LogP contribution < -0.4 is 4.74 Å². The van der Waals surface area contributed by atoms with Crippen LogP contribution in [0.1, 0.15) is 6.92 Å². The van der Waals surface area contributed by atoms with Crippen LogP contribution in [-0.4, -0.2) is 16.6 Å². The zero-order chi connectivity index (χ0) is 12.3. The molecule has 1 heterocycles. The lowest BCUT2D eigenvalue weighted by Crippen LogP contribution is -1.93. The van der Waals surface area contributed by atoms with Crippen LogP contribution in [0.3, 0.4) is 0 Å². The van der Waals surface area contributed by atoms with Gasteiger partial charge in [0.05, 0.1) is 17.3 Å². The molecule has 1 aromatic heterocycles. The lowest BCUT2D eigenvalue weighted by molar-refractivity contribution is 0.340. The minimum Gasteiger partial charge on any atom is -0.494 e. The summed E-state index contributed by atoms with van der Waals surface area (Å²) in [5.41, 5.74) is 1.46. The minimum atomic E-state index is 0.195. The second kappa shape index (κ2) is 5.34. The Kier molecular flexibility index (Phi) is 3.82. The molecule has 2 aromatic rings. The summed E-state index contributed by atoms with van der Waals surface area (Å²) in [5, 5.41) is 0.795. The van der Waals surface area contributed by atoms with Crippen LogP contribution in [0.5, 0.6) is 5.75 Å². The van der Waals surface area contributed by atoms with Gasteiger partial charge in [-0.15, -0.1) is 0 Å². The van der Waals surface area contributed by atoms with Gasteiger partial charge in [0.1, 0.15) is 5.75 Å². The highest BCUT2D eigenvalue weighted by Crippen LogP contribution is 2.30. The van der Waals surface area contributed by atoms with Crippen molar-refractivity contribution in [1.82, 2.24) is 9.97 Å². The van der Waals surface area contributed by atoms with Crippen LogP contribution in [-0.2, 0) is 0 Å². The molecule has 0 aliphatic heterocycles. The summed E-state index contributed by atoms with van der Waals surface area (Å²) in [4.78, 5) is 7.95. The Morgan fingerprint density at radius 3 is 2.76 bits per heavy atom. The van der Waals surface area contributed by atoms with Gasteiger partial charge in [-0.2, -0.15) is 0 Å². The summed E-state index contributed by atoms with van der Waals surface area (Å²) < 4.78 is 5.42. The van der Waals surface area contributed by atoms with E-state index in [1.165, 1.54) is 0 Å². The Morgan fingerprint density at radius 1 is 1.24 bits per heavy atom. The highest BCUT2D eigenvalue weighted by molar-refractivity contribution is 6.33. The van der Waals surface area contributed by atoms with Crippen LogP contribution in [0.2, 0.25) is 10.3 Å². The van der Waals surface area contributed by atoms with Crippen LogP contribution in [0, 0.1) is 0 Å². The van der Waals surface area contributed by atoms with E-state index in [0.29, 0.717) is 17.3 Å². The first-order valence-electron chi connectivity index (χ1n) is 5.12. The quantitative estimate of drug-likeness (QED) is 0.794. The van der Waals surface area contributed by atoms with Crippen LogP contribution >= 0.6 is 23.2 Å². The van der Waals surface area contributed by atoms with E-state index in [4.69, 9.17) is 27.9 Å². The topological polar surface area (TPSA) is 35.0 Å². The predicted molar refractivity (Wildman–Crippen MR) is 68.7 cm³/mol. The summed E-state index contributed by atoms with van der Waals surface area (Å²) in [7, 11) is 0. The number of ether oxygens (including phenoxy) is 1. The van der Waals surface area contributed by atoms with Crippen molar-refractivity contribution in [3.63, 3.8) is 0 Å². The van der Waals surface area contributed by atoms with E-state index in [2.05, 4.69) is 9.97 Å². The molecule has 0 aliphatic carbocycles. The molecule has 17 heavy (non-hydrogen) atoms. The first kappa shape index (κ1) is 12.1. The molecule has 0 N–H and O–H groups in total. The van der Waals surface area contributed by atoms with E-state index in [1.54, 1.807) is 18.3 Å². The molecule has 0 unspecified atom stereocenters. The Labute approximate surface area is 109 Å². The Hall–Kier alpha value is -1.32. The first-order chi connectivity index (χ1) is 8.20. The summed E-state index contributed by atoms with van der Waals surface area (Å²) in [5.74, 6) is 0.752. The van der Waals surface area contributed by atoms with Gasteiger partial charge >= 0.3 is 0 Å². The largest absolute Gasteiger partial charge is 0.494 e. The van der Waals surface area contributed by atoms with Gasteiger partial charge in [0.2, 0.25) is 5.28 Å². The molecule has 3 nitrogen and oxygen atoms in total. The maximum absolute atomic E-state index is 6.12. The van der Waals surface area contributed by atoms with E-state index in [1.807, 2.05) is 19.1 Å². The van der Waals surface area contributed by atoms with Gasteiger partial charge < -0.3 is 4.74 Å². The summed E-state index contributed by atoms with van der Waals surface area (Å²) >= 11 is 11.9. The lowest BCUT2D eigenvalue weighted by Gasteiger charge is -2.07. The highest BCUT2D eigenvalue weighted by atomic mass is 35.5. The number of aromatic nitrogens is 2. The molecule has 0 aliphatic rings.